The average Bonchev–Trinajstić information content (AvgIpc) is 2.35. The summed E-state index contributed by atoms with van der Waals surface area (Å²) in [5.74, 6) is 0.834. The molecule has 0 aliphatic carbocycles. The molecular weight excluding hydrogens is 204 g/mol. The van der Waals surface area contributed by atoms with Gasteiger partial charge in [-0.3, -0.25) is 4.79 Å². The van der Waals surface area contributed by atoms with Crippen molar-refractivity contribution in [2.45, 2.75) is 13.5 Å². The van der Waals surface area contributed by atoms with Gasteiger partial charge in [0.15, 0.2) is 0 Å². The zero-order chi connectivity index (χ0) is 11.8. The van der Waals surface area contributed by atoms with Crippen LogP contribution in [0.4, 0.5) is 0 Å². The predicted molar refractivity (Wildman–Crippen MR) is 62.5 cm³/mol. The summed E-state index contributed by atoms with van der Waals surface area (Å²) >= 11 is 0. The van der Waals surface area contributed by atoms with Gasteiger partial charge in [-0.05, 0) is 30.2 Å². The lowest BCUT2D eigenvalue weighted by atomic mass is 10.2. The van der Waals surface area contributed by atoms with E-state index < -0.39 is 0 Å². The van der Waals surface area contributed by atoms with Crippen LogP contribution in [-0.4, -0.2) is 20.0 Å². The molecule has 1 aromatic rings. The van der Waals surface area contributed by atoms with Gasteiger partial charge in [0.2, 0.25) is 0 Å². The molecule has 0 saturated carbocycles. The quantitative estimate of drug-likeness (QED) is 0.419. The monoisotopic (exact) mass is 220 g/mol. The van der Waals surface area contributed by atoms with Crippen LogP contribution in [0.25, 0.3) is 0 Å². The highest BCUT2D eigenvalue weighted by molar-refractivity contribution is 5.71. The van der Waals surface area contributed by atoms with Gasteiger partial charge in [0, 0.05) is 0 Å². The Morgan fingerprint density at radius 1 is 1.31 bits per heavy atom. The summed E-state index contributed by atoms with van der Waals surface area (Å²) in [6.07, 6.45) is 2.58. The van der Waals surface area contributed by atoms with Gasteiger partial charge in [-0.15, -0.1) is 0 Å². The second-order valence-electron chi connectivity index (χ2n) is 3.43. The second-order valence-corrected chi connectivity index (χ2v) is 3.43. The Morgan fingerprint density at radius 2 is 2.00 bits per heavy atom. The summed E-state index contributed by atoms with van der Waals surface area (Å²) in [4.78, 5) is 10.3. The second kappa shape index (κ2) is 6.80. The molecule has 0 aliphatic heterocycles. The lowest BCUT2D eigenvalue weighted by molar-refractivity contribution is -0.104. The zero-order valence-corrected chi connectivity index (χ0v) is 9.60. The molecule has 0 aromatic heterocycles. The van der Waals surface area contributed by atoms with Gasteiger partial charge in [-0.25, -0.2) is 0 Å². The number of allylic oxidation sites excluding steroid dienone is 1. The fourth-order valence-electron chi connectivity index (χ4n) is 1.14. The normalized spacial score (nSPS) is 11.2. The zero-order valence-electron chi connectivity index (χ0n) is 9.60. The molecular formula is C13H16O3. The Morgan fingerprint density at radius 3 is 2.56 bits per heavy atom. The maximum Gasteiger partial charge on any atom is 0.145 e. The third kappa shape index (κ3) is 4.28. The molecule has 0 amide bonds. The highest BCUT2D eigenvalue weighted by Crippen LogP contribution is 2.11. The summed E-state index contributed by atoms with van der Waals surface area (Å²) in [7, 11) is 1.64. The summed E-state index contributed by atoms with van der Waals surface area (Å²) in [6, 6.07) is 7.70. The van der Waals surface area contributed by atoms with E-state index in [9.17, 15) is 4.79 Å². The van der Waals surface area contributed by atoms with Crippen molar-refractivity contribution in [1.29, 1.82) is 0 Å². The average molecular weight is 220 g/mol. The molecule has 0 fully saturated rings. The molecule has 0 radical (unpaired) electrons. The van der Waals surface area contributed by atoms with Crippen LogP contribution in [0.15, 0.2) is 35.9 Å². The van der Waals surface area contributed by atoms with Gasteiger partial charge < -0.3 is 9.47 Å². The highest BCUT2D eigenvalue weighted by atomic mass is 16.5. The molecule has 0 heterocycles. The molecule has 0 spiro atoms. The van der Waals surface area contributed by atoms with E-state index in [2.05, 4.69) is 0 Å². The number of carbonyl (C=O) groups excluding carboxylic acids is 1. The van der Waals surface area contributed by atoms with E-state index >= 15 is 0 Å². The molecule has 86 valence electrons. The summed E-state index contributed by atoms with van der Waals surface area (Å²) in [5.41, 5.74) is 1.77. The van der Waals surface area contributed by atoms with Gasteiger partial charge in [0.05, 0.1) is 20.3 Å². The summed E-state index contributed by atoms with van der Waals surface area (Å²) < 4.78 is 10.4. The van der Waals surface area contributed by atoms with Gasteiger partial charge in [0.25, 0.3) is 0 Å². The van der Waals surface area contributed by atoms with Crippen molar-refractivity contribution in [3.63, 3.8) is 0 Å². The third-order valence-electron chi connectivity index (χ3n) is 2.14. The SMILES string of the molecule is COc1ccc(COCC=C(C)C=O)cc1. The third-order valence-corrected chi connectivity index (χ3v) is 2.14. The minimum absolute atomic E-state index is 0.455. The first-order valence-electron chi connectivity index (χ1n) is 5.09. The van der Waals surface area contributed by atoms with Crippen molar-refractivity contribution in [3.05, 3.63) is 41.5 Å². The van der Waals surface area contributed by atoms with Crippen molar-refractivity contribution in [2.24, 2.45) is 0 Å². The fourth-order valence-corrected chi connectivity index (χ4v) is 1.14. The molecule has 1 aromatic carbocycles. The highest BCUT2D eigenvalue weighted by Gasteiger charge is 1.94. The molecule has 0 unspecified atom stereocenters. The summed E-state index contributed by atoms with van der Waals surface area (Å²) in [5, 5.41) is 0. The van der Waals surface area contributed by atoms with Crippen LogP contribution < -0.4 is 4.74 Å². The predicted octanol–water partition coefficient (Wildman–Crippen LogP) is 2.36. The number of carbonyl (C=O) groups is 1. The maximum atomic E-state index is 10.3. The first kappa shape index (κ1) is 12.5. The first-order chi connectivity index (χ1) is 7.76. The van der Waals surface area contributed by atoms with Crippen LogP contribution in [-0.2, 0) is 16.1 Å². The maximum absolute atomic E-state index is 10.3. The molecule has 0 aliphatic rings. The standard InChI is InChI=1S/C13H16O3/c1-11(9-14)7-8-16-10-12-3-5-13(15-2)6-4-12/h3-7,9H,8,10H2,1-2H3. The fraction of sp³-hybridized carbons (Fsp3) is 0.308. The van der Waals surface area contributed by atoms with Crippen molar-refractivity contribution < 1.29 is 14.3 Å². The van der Waals surface area contributed by atoms with E-state index in [0.717, 1.165) is 17.6 Å². The van der Waals surface area contributed by atoms with E-state index in [0.29, 0.717) is 18.8 Å². The van der Waals surface area contributed by atoms with Gasteiger partial charge in [-0.1, -0.05) is 18.2 Å². The Hall–Kier alpha value is -1.61. The Labute approximate surface area is 95.7 Å². The number of ether oxygens (including phenoxy) is 2. The number of hydrogen-bond acceptors (Lipinski definition) is 3. The van der Waals surface area contributed by atoms with Crippen molar-refractivity contribution >= 4 is 6.29 Å². The van der Waals surface area contributed by atoms with Crippen LogP contribution >= 0.6 is 0 Å². The molecule has 0 N–H and O–H groups in total. The largest absolute Gasteiger partial charge is 0.497 e. The number of rotatable bonds is 6. The minimum Gasteiger partial charge on any atom is -0.497 e. The van der Waals surface area contributed by atoms with Gasteiger partial charge in [0.1, 0.15) is 12.0 Å². The Bertz CT molecular complexity index is 352. The number of methoxy groups -OCH3 is 1. The Balaban J connectivity index is 2.34. The van der Waals surface area contributed by atoms with E-state index in [1.54, 1.807) is 20.1 Å². The lowest BCUT2D eigenvalue weighted by Crippen LogP contribution is -1.94. The minimum atomic E-state index is 0.455. The molecule has 0 bridgehead atoms. The molecule has 16 heavy (non-hydrogen) atoms. The van der Waals surface area contributed by atoms with Gasteiger partial charge >= 0.3 is 0 Å². The Kier molecular flexibility index (Phi) is 5.29. The van der Waals surface area contributed by atoms with Crippen LogP contribution in [0.5, 0.6) is 5.75 Å². The molecule has 3 nitrogen and oxygen atoms in total. The molecule has 3 heteroatoms. The molecule has 0 saturated heterocycles. The van der Waals surface area contributed by atoms with E-state index in [1.807, 2.05) is 24.3 Å². The topological polar surface area (TPSA) is 35.5 Å². The van der Waals surface area contributed by atoms with Crippen molar-refractivity contribution in [1.82, 2.24) is 0 Å². The van der Waals surface area contributed by atoms with Crippen molar-refractivity contribution in [3.8, 4) is 5.75 Å². The number of benzene rings is 1. The van der Waals surface area contributed by atoms with E-state index in [1.165, 1.54) is 0 Å². The van der Waals surface area contributed by atoms with E-state index in [-0.39, 0.29) is 0 Å². The number of aldehydes is 1. The van der Waals surface area contributed by atoms with Crippen LogP contribution in [0, 0.1) is 0 Å². The van der Waals surface area contributed by atoms with Gasteiger partial charge in [-0.2, -0.15) is 0 Å². The molecule has 0 atom stereocenters. The number of hydrogen-bond donors (Lipinski definition) is 0. The summed E-state index contributed by atoms with van der Waals surface area (Å²) in [6.45, 7) is 2.74. The smallest absolute Gasteiger partial charge is 0.145 e. The lowest BCUT2D eigenvalue weighted by Gasteiger charge is -2.03. The van der Waals surface area contributed by atoms with Crippen molar-refractivity contribution in [2.75, 3.05) is 13.7 Å². The first-order valence-corrected chi connectivity index (χ1v) is 5.09. The molecule has 1 rings (SSSR count). The van der Waals surface area contributed by atoms with E-state index in [4.69, 9.17) is 9.47 Å². The van der Waals surface area contributed by atoms with Crippen LogP contribution in [0.3, 0.4) is 0 Å². The van der Waals surface area contributed by atoms with Crippen LogP contribution in [0.2, 0.25) is 0 Å². The van der Waals surface area contributed by atoms with Crippen LogP contribution in [0.1, 0.15) is 12.5 Å².